The lowest BCUT2D eigenvalue weighted by Gasteiger charge is -2.09. The highest BCUT2D eigenvalue weighted by atomic mass is 32.1. The second-order valence-electron chi connectivity index (χ2n) is 4.18. The first-order valence-electron chi connectivity index (χ1n) is 6.00. The van der Waals surface area contributed by atoms with Crippen LogP contribution in [0, 0.1) is 0 Å². The van der Waals surface area contributed by atoms with E-state index in [0.717, 1.165) is 21.9 Å². The number of fused-ring (bicyclic) bond motifs is 1. The van der Waals surface area contributed by atoms with Crippen molar-refractivity contribution in [1.82, 2.24) is 0 Å². The maximum Gasteiger partial charge on any atom is 0.154 e. The molecular weight excluding hydrogens is 256 g/mol. The average molecular weight is 268 g/mol. The first-order valence-corrected chi connectivity index (χ1v) is 6.88. The SMILES string of the molecule is O=Cc1c(OCc2cccs2)ccc2ccccc12. The molecule has 1 aromatic heterocycles. The maximum atomic E-state index is 11.3. The molecule has 0 spiro atoms. The molecule has 3 aromatic rings. The topological polar surface area (TPSA) is 26.3 Å². The van der Waals surface area contributed by atoms with E-state index < -0.39 is 0 Å². The van der Waals surface area contributed by atoms with Crippen molar-refractivity contribution in [3.63, 3.8) is 0 Å². The van der Waals surface area contributed by atoms with Crippen LogP contribution in [0.4, 0.5) is 0 Å². The van der Waals surface area contributed by atoms with Crippen LogP contribution in [-0.4, -0.2) is 6.29 Å². The molecule has 0 bridgehead atoms. The molecule has 0 amide bonds. The molecule has 94 valence electrons. The average Bonchev–Trinajstić information content (AvgIpc) is 2.97. The minimum absolute atomic E-state index is 0.497. The summed E-state index contributed by atoms with van der Waals surface area (Å²) in [5.74, 6) is 0.641. The van der Waals surface area contributed by atoms with Gasteiger partial charge in [0.05, 0.1) is 5.56 Å². The number of ether oxygens (including phenoxy) is 1. The molecule has 0 unspecified atom stereocenters. The van der Waals surface area contributed by atoms with Gasteiger partial charge in [0.2, 0.25) is 0 Å². The Labute approximate surface area is 115 Å². The van der Waals surface area contributed by atoms with Crippen molar-refractivity contribution in [3.05, 3.63) is 64.4 Å². The molecule has 2 nitrogen and oxygen atoms in total. The molecule has 3 rings (SSSR count). The fourth-order valence-electron chi connectivity index (χ4n) is 2.07. The summed E-state index contributed by atoms with van der Waals surface area (Å²) in [6.07, 6.45) is 0.867. The minimum Gasteiger partial charge on any atom is -0.487 e. The Hall–Kier alpha value is -2.13. The summed E-state index contributed by atoms with van der Waals surface area (Å²) < 4.78 is 5.76. The van der Waals surface area contributed by atoms with Gasteiger partial charge >= 0.3 is 0 Å². The van der Waals surface area contributed by atoms with Gasteiger partial charge in [-0.1, -0.05) is 36.4 Å². The van der Waals surface area contributed by atoms with Crippen molar-refractivity contribution in [2.24, 2.45) is 0 Å². The summed E-state index contributed by atoms with van der Waals surface area (Å²) >= 11 is 1.65. The molecule has 0 aliphatic heterocycles. The molecule has 0 aliphatic carbocycles. The van der Waals surface area contributed by atoms with E-state index in [2.05, 4.69) is 0 Å². The summed E-state index contributed by atoms with van der Waals surface area (Å²) in [6, 6.07) is 15.7. The van der Waals surface area contributed by atoms with Gasteiger partial charge in [-0.15, -0.1) is 11.3 Å². The van der Waals surface area contributed by atoms with Gasteiger partial charge in [0.1, 0.15) is 12.4 Å². The van der Waals surface area contributed by atoms with E-state index in [9.17, 15) is 4.79 Å². The van der Waals surface area contributed by atoms with Crippen molar-refractivity contribution in [3.8, 4) is 5.75 Å². The van der Waals surface area contributed by atoms with Gasteiger partial charge in [-0.3, -0.25) is 4.79 Å². The van der Waals surface area contributed by atoms with Crippen LogP contribution in [0.1, 0.15) is 15.2 Å². The third-order valence-electron chi connectivity index (χ3n) is 3.00. The van der Waals surface area contributed by atoms with E-state index in [1.807, 2.05) is 53.9 Å². The van der Waals surface area contributed by atoms with E-state index in [-0.39, 0.29) is 0 Å². The number of rotatable bonds is 4. The van der Waals surface area contributed by atoms with Gasteiger partial charge in [0.25, 0.3) is 0 Å². The molecule has 2 aromatic carbocycles. The molecule has 1 heterocycles. The van der Waals surface area contributed by atoms with Gasteiger partial charge in [-0.25, -0.2) is 0 Å². The van der Waals surface area contributed by atoms with Crippen molar-refractivity contribution >= 4 is 28.4 Å². The lowest BCUT2D eigenvalue weighted by Crippen LogP contribution is -1.97. The Bertz CT molecular complexity index is 702. The molecule has 0 fully saturated rings. The summed E-state index contributed by atoms with van der Waals surface area (Å²) in [6.45, 7) is 0.497. The van der Waals surface area contributed by atoms with Crippen LogP contribution in [0.2, 0.25) is 0 Å². The monoisotopic (exact) mass is 268 g/mol. The van der Waals surface area contributed by atoms with E-state index in [4.69, 9.17) is 4.74 Å². The Morgan fingerprint density at radius 1 is 1.05 bits per heavy atom. The normalized spacial score (nSPS) is 10.5. The fraction of sp³-hybridized carbons (Fsp3) is 0.0625. The van der Waals surface area contributed by atoms with E-state index in [1.165, 1.54) is 0 Å². The zero-order chi connectivity index (χ0) is 13.1. The first-order chi connectivity index (χ1) is 9.38. The molecule has 0 saturated heterocycles. The van der Waals surface area contributed by atoms with Gasteiger partial charge in [0, 0.05) is 4.88 Å². The Morgan fingerprint density at radius 2 is 1.95 bits per heavy atom. The van der Waals surface area contributed by atoms with Crippen LogP contribution >= 0.6 is 11.3 Å². The van der Waals surface area contributed by atoms with Gasteiger partial charge < -0.3 is 4.74 Å². The third kappa shape index (κ3) is 2.37. The second kappa shape index (κ2) is 5.24. The Balaban J connectivity index is 1.96. The van der Waals surface area contributed by atoms with Gasteiger partial charge in [-0.2, -0.15) is 0 Å². The van der Waals surface area contributed by atoms with Crippen molar-refractivity contribution in [1.29, 1.82) is 0 Å². The van der Waals surface area contributed by atoms with E-state index in [0.29, 0.717) is 17.9 Å². The number of carbonyl (C=O) groups excluding carboxylic acids is 1. The number of hydrogen-bond donors (Lipinski definition) is 0. The number of hydrogen-bond acceptors (Lipinski definition) is 3. The molecule has 0 saturated carbocycles. The molecule has 0 aliphatic rings. The summed E-state index contributed by atoms with van der Waals surface area (Å²) in [5, 5.41) is 3.99. The zero-order valence-electron chi connectivity index (χ0n) is 10.2. The van der Waals surface area contributed by atoms with Crippen LogP contribution in [0.25, 0.3) is 10.8 Å². The maximum absolute atomic E-state index is 11.3. The summed E-state index contributed by atoms with van der Waals surface area (Å²) in [4.78, 5) is 12.5. The first kappa shape index (κ1) is 11.9. The standard InChI is InChI=1S/C16H12O2S/c17-10-15-14-6-2-1-4-12(14)7-8-16(15)18-11-13-5-3-9-19-13/h1-10H,11H2. The highest BCUT2D eigenvalue weighted by molar-refractivity contribution is 7.09. The highest BCUT2D eigenvalue weighted by Crippen LogP contribution is 2.27. The van der Waals surface area contributed by atoms with E-state index >= 15 is 0 Å². The lowest BCUT2D eigenvalue weighted by atomic mass is 10.0. The van der Waals surface area contributed by atoms with Crippen LogP contribution in [0.5, 0.6) is 5.75 Å². The minimum atomic E-state index is 0.497. The Kier molecular flexibility index (Phi) is 3.29. The van der Waals surface area contributed by atoms with Crippen LogP contribution in [-0.2, 0) is 6.61 Å². The van der Waals surface area contributed by atoms with Crippen molar-refractivity contribution in [2.75, 3.05) is 0 Å². The van der Waals surface area contributed by atoms with Gasteiger partial charge in [0.15, 0.2) is 6.29 Å². The Morgan fingerprint density at radius 3 is 2.74 bits per heavy atom. The quantitative estimate of drug-likeness (QED) is 0.660. The van der Waals surface area contributed by atoms with Crippen LogP contribution in [0.3, 0.4) is 0 Å². The predicted molar refractivity (Wildman–Crippen MR) is 78.0 cm³/mol. The second-order valence-corrected chi connectivity index (χ2v) is 5.22. The largest absolute Gasteiger partial charge is 0.487 e. The molecule has 3 heteroatoms. The highest BCUT2D eigenvalue weighted by Gasteiger charge is 2.08. The molecule has 19 heavy (non-hydrogen) atoms. The smallest absolute Gasteiger partial charge is 0.154 e. The fourth-order valence-corrected chi connectivity index (χ4v) is 2.68. The van der Waals surface area contributed by atoms with Crippen molar-refractivity contribution < 1.29 is 9.53 Å². The van der Waals surface area contributed by atoms with E-state index in [1.54, 1.807) is 11.3 Å². The molecular formula is C16H12O2S. The number of thiophene rings is 1. The zero-order valence-corrected chi connectivity index (χ0v) is 11.0. The molecule has 0 N–H and O–H groups in total. The number of carbonyl (C=O) groups is 1. The lowest BCUT2D eigenvalue weighted by molar-refractivity contribution is 0.112. The molecule has 0 atom stereocenters. The molecule has 0 radical (unpaired) electrons. The number of aldehydes is 1. The predicted octanol–water partition coefficient (Wildman–Crippen LogP) is 4.29. The number of benzene rings is 2. The summed E-state index contributed by atoms with van der Waals surface area (Å²) in [7, 11) is 0. The summed E-state index contributed by atoms with van der Waals surface area (Å²) in [5.41, 5.74) is 0.620. The van der Waals surface area contributed by atoms with Crippen LogP contribution in [0.15, 0.2) is 53.9 Å². The van der Waals surface area contributed by atoms with Crippen LogP contribution < -0.4 is 4.74 Å². The third-order valence-corrected chi connectivity index (χ3v) is 3.85. The van der Waals surface area contributed by atoms with Gasteiger partial charge in [-0.05, 0) is 28.3 Å². The van der Waals surface area contributed by atoms with Crippen molar-refractivity contribution in [2.45, 2.75) is 6.61 Å².